The van der Waals surface area contributed by atoms with E-state index in [1.165, 1.54) is 6.07 Å². The maximum absolute atomic E-state index is 13.7. The van der Waals surface area contributed by atoms with Gasteiger partial charge in [-0.2, -0.15) is 0 Å². The molecule has 1 atom stereocenters. The van der Waals surface area contributed by atoms with Gasteiger partial charge < -0.3 is 5.73 Å². The molecule has 1 unspecified atom stereocenters. The normalized spacial score (nSPS) is 15.2. The van der Waals surface area contributed by atoms with Gasteiger partial charge in [0.25, 0.3) is 0 Å². The molecule has 0 heterocycles. The molecule has 1 nitrogen and oxygen atoms in total. The Hall–Kier alpha value is -0.600. The molecule has 0 aliphatic carbocycles. The van der Waals surface area contributed by atoms with Gasteiger partial charge in [0.05, 0.1) is 0 Å². The summed E-state index contributed by atoms with van der Waals surface area (Å²) in [6, 6.07) is 4.78. The fraction of sp³-hybridized carbons (Fsp3) is 0.538. The van der Waals surface area contributed by atoms with Crippen molar-refractivity contribution in [1.29, 1.82) is 0 Å². The zero-order valence-corrected chi connectivity index (χ0v) is 10.8. The first-order valence-electron chi connectivity index (χ1n) is 5.53. The minimum absolute atomic E-state index is 0.119. The SMILES string of the molecule is CC(C)C(C)(CN)Cc1c(F)cccc1Cl. The van der Waals surface area contributed by atoms with Crippen LogP contribution in [0.3, 0.4) is 0 Å². The van der Waals surface area contributed by atoms with Crippen molar-refractivity contribution in [2.75, 3.05) is 6.54 Å². The van der Waals surface area contributed by atoms with Gasteiger partial charge in [-0.25, -0.2) is 4.39 Å². The lowest BCUT2D eigenvalue weighted by Gasteiger charge is -2.33. The van der Waals surface area contributed by atoms with Gasteiger partial charge in [-0.15, -0.1) is 0 Å². The van der Waals surface area contributed by atoms with Crippen LogP contribution in [0.1, 0.15) is 26.3 Å². The second kappa shape index (κ2) is 5.15. The second-order valence-corrected chi connectivity index (χ2v) is 5.30. The van der Waals surface area contributed by atoms with Crippen LogP contribution in [0.5, 0.6) is 0 Å². The summed E-state index contributed by atoms with van der Waals surface area (Å²) >= 11 is 6.02. The van der Waals surface area contributed by atoms with E-state index in [-0.39, 0.29) is 11.2 Å². The predicted octanol–water partition coefficient (Wildman–Crippen LogP) is 3.64. The van der Waals surface area contributed by atoms with Crippen molar-refractivity contribution in [3.05, 3.63) is 34.6 Å². The third-order valence-corrected chi connectivity index (χ3v) is 3.86. The van der Waals surface area contributed by atoms with Gasteiger partial charge in [0.15, 0.2) is 0 Å². The summed E-state index contributed by atoms with van der Waals surface area (Å²) in [7, 11) is 0. The van der Waals surface area contributed by atoms with Gasteiger partial charge in [0.2, 0.25) is 0 Å². The first-order chi connectivity index (χ1) is 7.40. The first kappa shape index (κ1) is 13.5. The Kier molecular flexibility index (Phi) is 4.34. The molecule has 0 aromatic heterocycles. The van der Waals surface area contributed by atoms with E-state index in [0.29, 0.717) is 29.5 Å². The summed E-state index contributed by atoms with van der Waals surface area (Å²) in [4.78, 5) is 0. The monoisotopic (exact) mass is 243 g/mol. The topological polar surface area (TPSA) is 26.0 Å². The van der Waals surface area contributed by atoms with Gasteiger partial charge in [0, 0.05) is 10.6 Å². The Labute approximate surface area is 102 Å². The van der Waals surface area contributed by atoms with Crippen LogP contribution in [0, 0.1) is 17.2 Å². The van der Waals surface area contributed by atoms with Gasteiger partial charge >= 0.3 is 0 Å². The number of nitrogens with two attached hydrogens (primary N) is 1. The highest BCUT2D eigenvalue weighted by Crippen LogP contribution is 2.33. The summed E-state index contributed by atoms with van der Waals surface area (Å²) in [6.45, 7) is 6.79. The average molecular weight is 244 g/mol. The fourth-order valence-corrected chi connectivity index (χ4v) is 1.85. The van der Waals surface area contributed by atoms with E-state index in [0.717, 1.165) is 0 Å². The molecule has 0 aliphatic rings. The molecule has 1 aromatic carbocycles. The number of rotatable bonds is 4. The van der Waals surface area contributed by atoms with E-state index in [1.807, 2.05) is 0 Å². The lowest BCUT2D eigenvalue weighted by Crippen LogP contribution is -2.35. The van der Waals surface area contributed by atoms with Crippen molar-refractivity contribution in [3.63, 3.8) is 0 Å². The van der Waals surface area contributed by atoms with Crippen LogP contribution in [0.15, 0.2) is 18.2 Å². The van der Waals surface area contributed by atoms with Crippen LogP contribution in [0.4, 0.5) is 4.39 Å². The van der Waals surface area contributed by atoms with Crippen molar-refractivity contribution >= 4 is 11.6 Å². The molecular weight excluding hydrogens is 225 g/mol. The highest BCUT2D eigenvalue weighted by atomic mass is 35.5. The molecule has 0 radical (unpaired) electrons. The Morgan fingerprint density at radius 3 is 2.50 bits per heavy atom. The van der Waals surface area contributed by atoms with Crippen molar-refractivity contribution in [1.82, 2.24) is 0 Å². The molecule has 90 valence electrons. The Bertz CT molecular complexity index is 345. The summed E-state index contributed by atoms with van der Waals surface area (Å²) in [5, 5.41) is 0.486. The van der Waals surface area contributed by atoms with Crippen molar-refractivity contribution in [2.24, 2.45) is 17.1 Å². The molecule has 0 aliphatic heterocycles. The van der Waals surface area contributed by atoms with E-state index in [2.05, 4.69) is 20.8 Å². The number of hydrogen-bond donors (Lipinski definition) is 1. The highest BCUT2D eigenvalue weighted by molar-refractivity contribution is 6.31. The fourth-order valence-electron chi connectivity index (χ4n) is 1.62. The molecule has 16 heavy (non-hydrogen) atoms. The number of halogens is 2. The summed E-state index contributed by atoms with van der Waals surface area (Å²) in [5.74, 6) is 0.140. The molecule has 0 bridgehead atoms. The minimum Gasteiger partial charge on any atom is -0.330 e. The maximum Gasteiger partial charge on any atom is 0.127 e. The van der Waals surface area contributed by atoms with Crippen LogP contribution in [-0.4, -0.2) is 6.54 Å². The first-order valence-corrected chi connectivity index (χ1v) is 5.91. The van der Waals surface area contributed by atoms with E-state index in [1.54, 1.807) is 12.1 Å². The molecular formula is C13H19ClFN. The van der Waals surface area contributed by atoms with Crippen LogP contribution in [0.2, 0.25) is 5.02 Å². The second-order valence-electron chi connectivity index (χ2n) is 4.89. The highest BCUT2D eigenvalue weighted by Gasteiger charge is 2.29. The van der Waals surface area contributed by atoms with E-state index < -0.39 is 0 Å². The third-order valence-electron chi connectivity index (χ3n) is 3.50. The zero-order chi connectivity index (χ0) is 12.3. The van der Waals surface area contributed by atoms with Gasteiger partial charge in [-0.3, -0.25) is 0 Å². The van der Waals surface area contributed by atoms with Crippen LogP contribution in [0.25, 0.3) is 0 Å². The van der Waals surface area contributed by atoms with Crippen LogP contribution >= 0.6 is 11.6 Å². The minimum atomic E-state index is -0.243. The summed E-state index contributed by atoms with van der Waals surface area (Å²) in [5.41, 5.74) is 6.25. The lowest BCUT2D eigenvalue weighted by atomic mass is 9.74. The van der Waals surface area contributed by atoms with E-state index >= 15 is 0 Å². The maximum atomic E-state index is 13.7. The molecule has 1 rings (SSSR count). The molecule has 0 amide bonds. The third kappa shape index (κ3) is 2.74. The zero-order valence-electron chi connectivity index (χ0n) is 10.1. The molecule has 2 N–H and O–H groups in total. The Balaban J connectivity index is 3.03. The Morgan fingerprint density at radius 1 is 1.44 bits per heavy atom. The molecule has 0 spiro atoms. The smallest absolute Gasteiger partial charge is 0.127 e. The molecule has 3 heteroatoms. The van der Waals surface area contributed by atoms with Crippen LogP contribution in [-0.2, 0) is 6.42 Å². The standard InChI is InChI=1S/C13H19ClFN/c1-9(2)13(3,8-16)7-10-11(14)5-4-6-12(10)15/h4-6,9H,7-8,16H2,1-3H3. The van der Waals surface area contributed by atoms with Gasteiger partial charge in [-0.1, -0.05) is 38.4 Å². The summed E-state index contributed by atoms with van der Waals surface area (Å²) < 4.78 is 13.7. The molecule has 1 aromatic rings. The van der Waals surface area contributed by atoms with Gasteiger partial charge in [-0.05, 0) is 36.4 Å². The van der Waals surface area contributed by atoms with Crippen molar-refractivity contribution in [2.45, 2.75) is 27.2 Å². The van der Waals surface area contributed by atoms with Crippen LogP contribution < -0.4 is 5.73 Å². The van der Waals surface area contributed by atoms with Crippen molar-refractivity contribution < 1.29 is 4.39 Å². The predicted molar refractivity (Wildman–Crippen MR) is 67.1 cm³/mol. The molecule has 0 fully saturated rings. The number of hydrogen-bond acceptors (Lipinski definition) is 1. The van der Waals surface area contributed by atoms with E-state index in [4.69, 9.17) is 17.3 Å². The largest absolute Gasteiger partial charge is 0.330 e. The van der Waals surface area contributed by atoms with E-state index in [9.17, 15) is 4.39 Å². The lowest BCUT2D eigenvalue weighted by molar-refractivity contribution is 0.225. The average Bonchev–Trinajstić information content (AvgIpc) is 2.23. The molecule has 0 saturated heterocycles. The molecule has 0 saturated carbocycles. The van der Waals surface area contributed by atoms with Gasteiger partial charge in [0.1, 0.15) is 5.82 Å². The van der Waals surface area contributed by atoms with Crippen molar-refractivity contribution in [3.8, 4) is 0 Å². The number of benzene rings is 1. The quantitative estimate of drug-likeness (QED) is 0.859. The Morgan fingerprint density at radius 2 is 2.06 bits per heavy atom. The summed E-state index contributed by atoms with van der Waals surface area (Å²) in [6.07, 6.45) is 0.576.